The van der Waals surface area contributed by atoms with E-state index >= 15 is 0 Å². The Balaban J connectivity index is 1.13. The summed E-state index contributed by atoms with van der Waals surface area (Å²) < 4.78 is 26.3. The molecule has 6 heterocycles. The Bertz CT molecular complexity index is 1810. The number of nitrogens with zero attached hydrogens (tertiary/aromatic N) is 6. The van der Waals surface area contributed by atoms with Crippen molar-refractivity contribution >= 4 is 77.2 Å². The van der Waals surface area contributed by atoms with Crippen LogP contribution < -0.4 is 11.5 Å². The summed E-state index contributed by atoms with van der Waals surface area (Å²) in [5.74, 6) is 0.119. The van der Waals surface area contributed by atoms with E-state index in [2.05, 4.69) is 29.9 Å². The summed E-state index contributed by atoms with van der Waals surface area (Å²) in [7, 11) is 0. The Labute approximate surface area is 250 Å². The van der Waals surface area contributed by atoms with Gasteiger partial charge in [0.15, 0.2) is 17.5 Å². The number of H-pyrrole nitrogens is 2. The van der Waals surface area contributed by atoms with Gasteiger partial charge in [0.2, 0.25) is 11.9 Å². The first kappa shape index (κ1) is 29.5. The highest BCUT2D eigenvalue weighted by Gasteiger charge is 2.48. The summed E-state index contributed by atoms with van der Waals surface area (Å²) >= 11 is 15.6. The van der Waals surface area contributed by atoms with Crippen LogP contribution in [0.25, 0.3) is 22.3 Å². The second-order valence-corrected chi connectivity index (χ2v) is 13.2. The Morgan fingerprint density at radius 2 is 1.60 bits per heavy atom. The SMILES string of the molecule is Nc1nc2c(ncn2C2OC(CO)C(OP(O)(=S)OCC3O[C@@H](n4cnc5c(=S)[nH]c(N)nc54)C[C@H]3O)C2O)c(=S)[nH]1. The number of aliphatic hydroxyl groups excluding tert-OH is 3. The zero-order valence-electron chi connectivity index (χ0n) is 21.2. The van der Waals surface area contributed by atoms with Gasteiger partial charge in [-0.2, -0.15) is 9.97 Å². The Morgan fingerprint density at radius 3 is 2.21 bits per heavy atom. The fraction of sp³-hybridized carbons (Fsp3) is 0.500. The molecule has 2 saturated heterocycles. The standard InChI is InChI=1S/C20H25N10O8PS3/c21-19-25-14-10(16(40)27-19)23-4-29(14)9-1-6(32)8(36-9)3-35-39(34,42)38-13-7(2-31)37-18(12(13)33)30-5-24-11-15(30)26-20(22)28-17(11)41/h4-9,12-13,18,31-33H,1-3H2,(H,34,42)(H3,21,25,27,40)(H3,22,26,28,41)/t6-,7?,8?,9-,12?,13?,18?,39?/m1/s1. The number of nitrogen functional groups attached to an aromatic ring is 2. The second-order valence-electron chi connectivity index (χ2n) is 9.56. The van der Waals surface area contributed by atoms with E-state index in [9.17, 15) is 20.2 Å². The lowest BCUT2D eigenvalue weighted by molar-refractivity contribution is -0.0527. The van der Waals surface area contributed by atoms with Crippen LogP contribution >= 0.6 is 31.2 Å². The number of aromatic nitrogens is 8. The number of fused-ring (bicyclic) bond motifs is 2. The summed E-state index contributed by atoms with van der Waals surface area (Å²) in [5.41, 5.74) is 12.9. The van der Waals surface area contributed by atoms with Crippen LogP contribution in [0.1, 0.15) is 18.9 Å². The molecular formula is C20H25N10O8PS3. The average molecular weight is 661 g/mol. The second kappa shape index (κ2) is 11.2. The van der Waals surface area contributed by atoms with Crippen molar-refractivity contribution in [3.8, 4) is 0 Å². The monoisotopic (exact) mass is 660 g/mol. The largest absolute Gasteiger partial charge is 0.394 e. The molecule has 8 atom stereocenters. The van der Waals surface area contributed by atoms with Crippen molar-refractivity contribution < 1.29 is 38.7 Å². The number of imidazole rings is 2. The van der Waals surface area contributed by atoms with Crippen molar-refractivity contribution in [3.63, 3.8) is 0 Å². The Morgan fingerprint density at radius 1 is 1.00 bits per heavy atom. The number of hydrogen-bond acceptors (Lipinski definition) is 16. The molecule has 18 nitrogen and oxygen atoms in total. The fourth-order valence-corrected chi connectivity index (χ4v) is 6.84. The Kier molecular flexibility index (Phi) is 7.87. The maximum absolute atomic E-state index is 11.1. The molecule has 4 aromatic rings. The van der Waals surface area contributed by atoms with Crippen molar-refractivity contribution in [2.24, 2.45) is 0 Å². The van der Waals surface area contributed by atoms with Crippen molar-refractivity contribution in [1.29, 1.82) is 0 Å². The summed E-state index contributed by atoms with van der Waals surface area (Å²) in [4.78, 5) is 33.1. The number of aromatic amines is 2. The summed E-state index contributed by atoms with van der Waals surface area (Å²) in [6, 6.07) is 0. The molecule has 0 radical (unpaired) electrons. The molecule has 226 valence electrons. The van der Waals surface area contributed by atoms with Crippen molar-refractivity contribution in [2.45, 2.75) is 49.4 Å². The van der Waals surface area contributed by atoms with Crippen molar-refractivity contribution in [2.75, 3.05) is 24.7 Å². The predicted octanol–water partition coefficient (Wildman–Crippen LogP) is -0.327. The molecular weight excluding hydrogens is 635 g/mol. The first-order valence-corrected chi connectivity index (χ1v) is 15.7. The molecule has 10 N–H and O–H groups in total. The third-order valence-corrected chi connectivity index (χ3v) is 8.99. The van der Waals surface area contributed by atoms with Gasteiger partial charge in [-0.1, -0.05) is 24.4 Å². The summed E-state index contributed by atoms with van der Waals surface area (Å²) in [6.45, 7) is -4.99. The van der Waals surface area contributed by atoms with Crippen LogP contribution in [0, 0.1) is 9.28 Å². The highest BCUT2D eigenvalue weighted by molar-refractivity contribution is 8.07. The van der Waals surface area contributed by atoms with Gasteiger partial charge in [-0.3, -0.25) is 13.7 Å². The zero-order chi connectivity index (χ0) is 29.9. The minimum absolute atomic E-state index is 0.0244. The van der Waals surface area contributed by atoms with E-state index in [1.165, 1.54) is 17.2 Å². The van der Waals surface area contributed by atoms with E-state index in [-0.39, 0.29) is 35.2 Å². The van der Waals surface area contributed by atoms with Crippen LogP contribution in [0.15, 0.2) is 12.7 Å². The lowest BCUT2D eigenvalue weighted by Gasteiger charge is -2.26. The number of anilines is 2. The van der Waals surface area contributed by atoms with Crippen LogP contribution in [-0.4, -0.2) is 103 Å². The first-order chi connectivity index (χ1) is 20.0. The molecule has 2 fully saturated rings. The van der Waals surface area contributed by atoms with E-state index in [0.29, 0.717) is 21.3 Å². The maximum Gasteiger partial charge on any atom is 0.325 e. The third-order valence-electron chi connectivity index (χ3n) is 6.84. The number of aliphatic hydroxyl groups is 3. The van der Waals surface area contributed by atoms with Crippen LogP contribution in [-0.2, 0) is 30.3 Å². The smallest absolute Gasteiger partial charge is 0.325 e. The van der Waals surface area contributed by atoms with E-state index in [0.717, 1.165) is 0 Å². The molecule has 0 amide bonds. The lowest BCUT2D eigenvalue weighted by atomic mass is 10.1. The minimum Gasteiger partial charge on any atom is -0.394 e. The molecule has 0 aromatic carbocycles. The molecule has 2 aliphatic heterocycles. The normalized spacial score (nSPS) is 29.5. The zero-order valence-corrected chi connectivity index (χ0v) is 24.6. The van der Waals surface area contributed by atoms with E-state index in [4.69, 9.17) is 66.2 Å². The Hall–Kier alpha value is -2.53. The van der Waals surface area contributed by atoms with Gasteiger partial charge in [-0.05, 0) is 11.8 Å². The van der Waals surface area contributed by atoms with Gasteiger partial charge in [-0.25, -0.2) is 9.97 Å². The number of hydrogen-bond donors (Lipinski definition) is 8. The van der Waals surface area contributed by atoms with Gasteiger partial charge in [0.05, 0.1) is 32.0 Å². The minimum atomic E-state index is -4.06. The van der Waals surface area contributed by atoms with Crippen LogP contribution in [0.3, 0.4) is 0 Å². The highest BCUT2D eigenvalue weighted by atomic mass is 32.5. The molecule has 6 unspecified atom stereocenters. The van der Waals surface area contributed by atoms with Gasteiger partial charge < -0.3 is 55.6 Å². The average Bonchev–Trinajstić information content (AvgIpc) is 3.68. The predicted molar refractivity (Wildman–Crippen MR) is 153 cm³/mol. The van der Waals surface area contributed by atoms with Crippen LogP contribution in [0.4, 0.5) is 11.9 Å². The van der Waals surface area contributed by atoms with Gasteiger partial charge in [-0.15, -0.1) is 0 Å². The number of nitrogens with two attached hydrogens (primary N) is 2. The summed E-state index contributed by atoms with van der Waals surface area (Å²) in [6.07, 6.45) is -4.65. The third kappa shape index (κ3) is 5.36. The van der Waals surface area contributed by atoms with Crippen LogP contribution in [0.5, 0.6) is 0 Å². The van der Waals surface area contributed by atoms with Gasteiger partial charge >= 0.3 is 6.72 Å². The number of ether oxygens (including phenoxy) is 2. The van der Waals surface area contributed by atoms with Gasteiger partial charge in [0.1, 0.15) is 51.0 Å². The summed E-state index contributed by atoms with van der Waals surface area (Å²) in [5, 5.41) is 31.6. The molecule has 42 heavy (non-hydrogen) atoms. The quantitative estimate of drug-likeness (QED) is 0.0888. The van der Waals surface area contributed by atoms with E-state index in [1.807, 2.05) is 0 Å². The lowest BCUT2D eigenvalue weighted by Crippen LogP contribution is -2.36. The molecule has 0 bridgehead atoms. The van der Waals surface area contributed by atoms with E-state index in [1.54, 1.807) is 4.57 Å². The molecule has 0 saturated carbocycles. The number of rotatable bonds is 8. The molecule has 22 heteroatoms. The van der Waals surface area contributed by atoms with Gasteiger partial charge in [0, 0.05) is 6.42 Å². The van der Waals surface area contributed by atoms with E-state index < -0.39 is 56.3 Å². The molecule has 0 spiro atoms. The van der Waals surface area contributed by atoms with Crippen molar-refractivity contribution in [3.05, 3.63) is 21.9 Å². The molecule has 4 aromatic heterocycles. The molecule has 6 rings (SSSR count). The maximum atomic E-state index is 11.1. The molecule has 0 aliphatic carbocycles. The first-order valence-electron chi connectivity index (χ1n) is 12.3. The van der Waals surface area contributed by atoms with Crippen LogP contribution in [0.2, 0.25) is 0 Å². The fourth-order valence-electron chi connectivity index (χ4n) is 4.90. The highest BCUT2D eigenvalue weighted by Crippen LogP contribution is 2.49. The van der Waals surface area contributed by atoms with Crippen molar-refractivity contribution in [1.82, 2.24) is 39.0 Å². The topological polar surface area (TPSA) is 263 Å². The molecule has 2 aliphatic rings. The number of nitrogens with one attached hydrogen (secondary N) is 2. The van der Waals surface area contributed by atoms with Gasteiger partial charge in [0.25, 0.3) is 0 Å².